The topological polar surface area (TPSA) is 37.8 Å². The van der Waals surface area contributed by atoms with Gasteiger partial charge < -0.3 is 5.32 Å². The molecule has 1 N–H and O–H groups in total. The maximum absolute atomic E-state index is 4.36. The number of benzene rings is 1. The average molecular weight is 255 g/mol. The minimum Gasteiger partial charge on any atom is -0.311 e. The molecule has 0 bridgehead atoms. The minimum absolute atomic E-state index is 0.828. The number of hydrogen-bond donors (Lipinski definition) is 1. The highest BCUT2D eigenvalue weighted by Gasteiger charge is 1.96. The van der Waals surface area contributed by atoms with Gasteiger partial charge >= 0.3 is 0 Å². The average Bonchev–Trinajstić information content (AvgIpc) is 2.44. The number of nitrogens with one attached hydrogen (secondary N) is 1. The van der Waals surface area contributed by atoms with E-state index in [2.05, 4.69) is 45.6 Å². The second-order valence-corrected chi connectivity index (χ2v) is 4.71. The Hall–Kier alpha value is -1.74. The summed E-state index contributed by atoms with van der Waals surface area (Å²) in [6.07, 6.45) is 5.39. The first kappa shape index (κ1) is 13.7. The van der Waals surface area contributed by atoms with Crippen molar-refractivity contribution >= 4 is 0 Å². The molecule has 100 valence electrons. The highest BCUT2D eigenvalue weighted by molar-refractivity contribution is 5.14. The van der Waals surface area contributed by atoms with Crippen LogP contribution < -0.4 is 5.32 Å². The van der Waals surface area contributed by atoms with Crippen LogP contribution in [0.2, 0.25) is 0 Å². The first-order chi connectivity index (χ1) is 9.34. The Kier molecular flexibility index (Phi) is 5.50. The van der Waals surface area contributed by atoms with E-state index in [1.54, 1.807) is 0 Å². The van der Waals surface area contributed by atoms with Crippen LogP contribution in [0.5, 0.6) is 0 Å². The molecule has 1 heterocycles. The zero-order chi connectivity index (χ0) is 13.3. The number of unbranched alkanes of at least 4 members (excludes halogenated alkanes) is 1. The summed E-state index contributed by atoms with van der Waals surface area (Å²) >= 11 is 0. The number of aryl methyl sites for hydroxylation is 2. The minimum atomic E-state index is 0.828. The van der Waals surface area contributed by atoms with E-state index in [0.717, 1.165) is 31.0 Å². The Morgan fingerprint density at radius 2 is 1.89 bits per heavy atom. The molecule has 1 aromatic carbocycles. The van der Waals surface area contributed by atoms with Crippen molar-refractivity contribution in [1.29, 1.82) is 0 Å². The van der Waals surface area contributed by atoms with Crippen molar-refractivity contribution in [3.63, 3.8) is 0 Å². The van der Waals surface area contributed by atoms with Crippen LogP contribution in [-0.4, -0.2) is 16.5 Å². The van der Waals surface area contributed by atoms with Crippen molar-refractivity contribution in [3.05, 3.63) is 59.7 Å². The maximum atomic E-state index is 4.36. The third-order valence-electron chi connectivity index (χ3n) is 3.05. The van der Waals surface area contributed by atoms with Gasteiger partial charge in [-0.3, -0.25) is 0 Å². The van der Waals surface area contributed by atoms with Gasteiger partial charge in [0.1, 0.15) is 5.82 Å². The normalized spacial score (nSPS) is 10.6. The highest BCUT2D eigenvalue weighted by Crippen LogP contribution is 2.04. The molecule has 0 aliphatic carbocycles. The van der Waals surface area contributed by atoms with Crippen molar-refractivity contribution in [3.8, 4) is 0 Å². The van der Waals surface area contributed by atoms with Gasteiger partial charge in [0.05, 0.1) is 5.69 Å². The second-order valence-electron chi connectivity index (χ2n) is 4.71. The predicted octanol–water partition coefficient (Wildman–Crippen LogP) is 2.90. The fraction of sp³-hybridized carbons (Fsp3) is 0.375. The zero-order valence-corrected chi connectivity index (χ0v) is 11.5. The van der Waals surface area contributed by atoms with Gasteiger partial charge in [-0.25, -0.2) is 9.97 Å². The van der Waals surface area contributed by atoms with E-state index in [1.165, 1.54) is 18.4 Å². The summed E-state index contributed by atoms with van der Waals surface area (Å²) in [4.78, 5) is 8.46. The summed E-state index contributed by atoms with van der Waals surface area (Å²) in [5, 5.41) is 3.42. The summed E-state index contributed by atoms with van der Waals surface area (Å²) in [5.41, 5.74) is 2.49. The molecule has 3 heteroatoms. The second kappa shape index (κ2) is 7.64. The largest absolute Gasteiger partial charge is 0.311 e. The first-order valence-corrected chi connectivity index (χ1v) is 6.88. The van der Waals surface area contributed by atoms with E-state index < -0.39 is 0 Å². The molecule has 0 spiro atoms. The molecule has 0 unspecified atom stereocenters. The van der Waals surface area contributed by atoms with Crippen LogP contribution in [-0.2, 0) is 13.0 Å². The van der Waals surface area contributed by atoms with E-state index in [0.29, 0.717) is 0 Å². The molecule has 19 heavy (non-hydrogen) atoms. The molecule has 2 aromatic rings. The summed E-state index contributed by atoms with van der Waals surface area (Å²) < 4.78 is 0. The van der Waals surface area contributed by atoms with Crippen LogP contribution in [0.25, 0.3) is 0 Å². The molecule has 2 rings (SSSR count). The van der Waals surface area contributed by atoms with Gasteiger partial charge in [-0.2, -0.15) is 0 Å². The monoisotopic (exact) mass is 255 g/mol. The Labute approximate surface area is 115 Å². The lowest BCUT2D eigenvalue weighted by atomic mass is 10.1. The summed E-state index contributed by atoms with van der Waals surface area (Å²) in [6, 6.07) is 12.6. The van der Waals surface area contributed by atoms with E-state index in [1.807, 2.05) is 19.2 Å². The van der Waals surface area contributed by atoms with E-state index in [9.17, 15) is 0 Å². The van der Waals surface area contributed by atoms with Gasteiger partial charge in [0.15, 0.2) is 0 Å². The number of hydrogen-bond acceptors (Lipinski definition) is 3. The van der Waals surface area contributed by atoms with E-state index in [4.69, 9.17) is 0 Å². The van der Waals surface area contributed by atoms with E-state index >= 15 is 0 Å². The van der Waals surface area contributed by atoms with Crippen LogP contribution in [0.4, 0.5) is 0 Å². The fourth-order valence-electron chi connectivity index (χ4n) is 2.04. The van der Waals surface area contributed by atoms with Crippen molar-refractivity contribution in [1.82, 2.24) is 15.3 Å². The van der Waals surface area contributed by atoms with Crippen molar-refractivity contribution in [2.45, 2.75) is 32.7 Å². The molecule has 0 aliphatic rings. The Balaban J connectivity index is 1.58. The fourth-order valence-corrected chi connectivity index (χ4v) is 2.04. The molecule has 0 fully saturated rings. The van der Waals surface area contributed by atoms with Gasteiger partial charge in [0.25, 0.3) is 0 Å². The summed E-state index contributed by atoms with van der Waals surface area (Å²) in [5.74, 6) is 0.836. The van der Waals surface area contributed by atoms with Crippen LogP contribution >= 0.6 is 0 Å². The van der Waals surface area contributed by atoms with Gasteiger partial charge in [-0.1, -0.05) is 30.3 Å². The molecular weight excluding hydrogens is 234 g/mol. The highest BCUT2D eigenvalue weighted by atomic mass is 14.9. The third-order valence-corrected chi connectivity index (χ3v) is 3.05. The molecule has 0 saturated heterocycles. The standard InChI is InChI=1S/C16H21N3/c1-14-18-12-10-16(19-14)13-17-11-6-5-9-15-7-3-2-4-8-15/h2-4,7-8,10,12,17H,5-6,9,11,13H2,1H3. The molecule has 0 radical (unpaired) electrons. The molecule has 3 nitrogen and oxygen atoms in total. The molecule has 0 saturated carbocycles. The number of rotatable bonds is 7. The van der Waals surface area contributed by atoms with Crippen molar-refractivity contribution < 1.29 is 0 Å². The van der Waals surface area contributed by atoms with Crippen LogP contribution in [0.1, 0.15) is 29.9 Å². The Morgan fingerprint density at radius 3 is 2.68 bits per heavy atom. The molecule has 0 amide bonds. The van der Waals surface area contributed by atoms with E-state index in [-0.39, 0.29) is 0 Å². The predicted molar refractivity (Wildman–Crippen MR) is 77.9 cm³/mol. The smallest absolute Gasteiger partial charge is 0.125 e. The first-order valence-electron chi connectivity index (χ1n) is 6.88. The lowest BCUT2D eigenvalue weighted by molar-refractivity contribution is 0.614. The lowest BCUT2D eigenvalue weighted by Gasteiger charge is -2.05. The third kappa shape index (κ3) is 5.18. The van der Waals surface area contributed by atoms with Gasteiger partial charge in [0.2, 0.25) is 0 Å². The van der Waals surface area contributed by atoms with Crippen LogP contribution in [0.3, 0.4) is 0 Å². The molecule has 0 atom stereocenters. The van der Waals surface area contributed by atoms with Gasteiger partial charge in [0, 0.05) is 12.7 Å². The van der Waals surface area contributed by atoms with Crippen molar-refractivity contribution in [2.75, 3.05) is 6.54 Å². The number of aromatic nitrogens is 2. The summed E-state index contributed by atoms with van der Waals surface area (Å²) in [7, 11) is 0. The SMILES string of the molecule is Cc1nccc(CNCCCCc2ccccc2)n1. The van der Waals surface area contributed by atoms with Crippen LogP contribution in [0, 0.1) is 6.92 Å². The Bertz CT molecular complexity index is 482. The molecule has 1 aromatic heterocycles. The van der Waals surface area contributed by atoms with Gasteiger partial charge in [-0.15, -0.1) is 0 Å². The quantitative estimate of drug-likeness (QED) is 0.773. The Morgan fingerprint density at radius 1 is 1.05 bits per heavy atom. The summed E-state index contributed by atoms with van der Waals surface area (Å²) in [6.45, 7) is 3.79. The number of nitrogens with zero attached hydrogens (tertiary/aromatic N) is 2. The van der Waals surface area contributed by atoms with Crippen molar-refractivity contribution in [2.24, 2.45) is 0 Å². The van der Waals surface area contributed by atoms with Gasteiger partial charge in [-0.05, 0) is 44.4 Å². The van der Waals surface area contributed by atoms with Crippen LogP contribution in [0.15, 0.2) is 42.6 Å². The molecule has 0 aliphatic heterocycles. The maximum Gasteiger partial charge on any atom is 0.125 e. The lowest BCUT2D eigenvalue weighted by Crippen LogP contribution is -2.16. The molecular formula is C16H21N3. The zero-order valence-electron chi connectivity index (χ0n) is 11.5.